The number of hydrogen-bond acceptors (Lipinski definition) is 2. The van der Waals surface area contributed by atoms with Crippen LogP contribution in [0.3, 0.4) is 0 Å². The molecule has 0 spiro atoms. The highest BCUT2D eigenvalue weighted by Gasteiger charge is 2.04. The summed E-state index contributed by atoms with van der Waals surface area (Å²) in [5.41, 5.74) is 2.43. The molecular formula is C11H17N3. The Bertz CT molecular complexity index is 320. The van der Waals surface area contributed by atoms with Gasteiger partial charge >= 0.3 is 0 Å². The summed E-state index contributed by atoms with van der Waals surface area (Å²) in [7, 11) is 0. The second-order valence-electron chi connectivity index (χ2n) is 2.95. The predicted molar refractivity (Wildman–Crippen MR) is 60.2 cm³/mol. The van der Waals surface area contributed by atoms with Crippen LogP contribution in [0.15, 0.2) is 29.9 Å². The maximum Gasteiger partial charge on any atom is 0.0989 e. The molecule has 0 N–H and O–H groups in total. The fourth-order valence-electron chi connectivity index (χ4n) is 1.25. The van der Waals surface area contributed by atoms with Gasteiger partial charge in [0.25, 0.3) is 0 Å². The van der Waals surface area contributed by atoms with E-state index in [9.17, 15) is 0 Å². The van der Waals surface area contributed by atoms with Gasteiger partial charge in [0.1, 0.15) is 0 Å². The van der Waals surface area contributed by atoms with Crippen LogP contribution in [0.4, 0.5) is 0 Å². The highest BCUT2D eigenvalue weighted by atomic mass is 15.0. The van der Waals surface area contributed by atoms with Crippen LogP contribution in [-0.4, -0.2) is 15.3 Å². The quantitative estimate of drug-likeness (QED) is 0.671. The van der Waals surface area contributed by atoms with Gasteiger partial charge in [-0.05, 0) is 19.8 Å². The summed E-state index contributed by atoms with van der Waals surface area (Å²) in [5.74, 6) is 0. The number of nitrogens with zero attached hydrogens (tertiary/aromatic N) is 3. The Labute approximate surface area is 85.2 Å². The van der Waals surface area contributed by atoms with Crippen LogP contribution in [-0.2, 0) is 0 Å². The first-order valence-electron chi connectivity index (χ1n) is 5.07. The van der Waals surface area contributed by atoms with E-state index < -0.39 is 0 Å². The van der Waals surface area contributed by atoms with E-state index in [2.05, 4.69) is 16.9 Å². The molecule has 1 aliphatic heterocycles. The summed E-state index contributed by atoms with van der Waals surface area (Å²) < 4.78 is 2.01. The van der Waals surface area contributed by atoms with Gasteiger partial charge in [0.05, 0.1) is 6.33 Å². The molecule has 3 nitrogen and oxygen atoms in total. The standard InChI is InChI=1S/C9H11N3.C2H6/c1-8-2-3-9(6-11-8)12-5-4-10-7-12;1-2/h4-7H,2-3H2,1H3;1-2H3. The first kappa shape index (κ1) is 10.7. The fourth-order valence-corrected chi connectivity index (χ4v) is 1.25. The number of allylic oxidation sites excluding steroid dienone is 1. The van der Waals surface area contributed by atoms with E-state index in [0.717, 1.165) is 12.8 Å². The number of aliphatic imine (C=N–C) groups is 1. The summed E-state index contributed by atoms with van der Waals surface area (Å²) in [6.07, 6.45) is 9.58. The molecule has 0 atom stereocenters. The van der Waals surface area contributed by atoms with Crippen molar-refractivity contribution in [1.82, 2.24) is 9.55 Å². The van der Waals surface area contributed by atoms with Crippen LogP contribution in [0.5, 0.6) is 0 Å². The van der Waals surface area contributed by atoms with E-state index in [4.69, 9.17) is 0 Å². The van der Waals surface area contributed by atoms with Crippen molar-refractivity contribution >= 4 is 11.4 Å². The van der Waals surface area contributed by atoms with Crippen LogP contribution in [0.2, 0.25) is 0 Å². The molecule has 1 aromatic rings. The molecule has 0 aromatic carbocycles. The Morgan fingerprint density at radius 3 is 2.57 bits per heavy atom. The van der Waals surface area contributed by atoms with Gasteiger partial charge in [0.2, 0.25) is 0 Å². The van der Waals surface area contributed by atoms with Crippen molar-refractivity contribution in [1.29, 1.82) is 0 Å². The third-order valence-electron chi connectivity index (χ3n) is 2.01. The minimum absolute atomic E-state index is 1.06. The van der Waals surface area contributed by atoms with Gasteiger partial charge in [-0.3, -0.25) is 4.99 Å². The number of aromatic nitrogens is 2. The molecule has 2 rings (SSSR count). The van der Waals surface area contributed by atoms with Crippen LogP contribution < -0.4 is 0 Å². The Morgan fingerprint density at radius 2 is 2.07 bits per heavy atom. The Balaban J connectivity index is 0.000000461. The minimum atomic E-state index is 1.06. The Kier molecular flexibility index (Phi) is 4.11. The largest absolute Gasteiger partial charge is 0.309 e. The lowest BCUT2D eigenvalue weighted by molar-refractivity contribution is 0.944. The molecule has 0 fully saturated rings. The van der Waals surface area contributed by atoms with Crippen molar-refractivity contribution in [2.75, 3.05) is 0 Å². The molecule has 0 unspecified atom stereocenters. The molecule has 2 heterocycles. The molecule has 76 valence electrons. The Morgan fingerprint density at radius 1 is 1.29 bits per heavy atom. The first-order valence-corrected chi connectivity index (χ1v) is 5.07. The normalized spacial score (nSPS) is 15.1. The van der Waals surface area contributed by atoms with Crippen LogP contribution in [0, 0.1) is 0 Å². The molecule has 14 heavy (non-hydrogen) atoms. The summed E-state index contributed by atoms with van der Waals surface area (Å²) >= 11 is 0. The maximum atomic E-state index is 4.27. The molecule has 0 bridgehead atoms. The van der Waals surface area contributed by atoms with Crippen molar-refractivity contribution in [2.24, 2.45) is 4.99 Å². The summed E-state index contributed by atoms with van der Waals surface area (Å²) in [5, 5.41) is 0. The highest BCUT2D eigenvalue weighted by molar-refractivity contribution is 5.85. The van der Waals surface area contributed by atoms with E-state index in [-0.39, 0.29) is 0 Å². The molecule has 0 aliphatic carbocycles. The van der Waals surface area contributed by atoms with E-state index in [0.29, 0.717) is 0 Å². The van der Waals surface area contributed by atoms with Crippen LogP contribution >= 0.6 is 0 Å². The van der Waals surface area contributed by atoms with Gasteiger partial charge in [0, 0.05) is 30.0 Å². The number of imidazole rings is 1. The van der Waals surface area contributed by atoms with Crippen molar-refractivity contribution < 1.29 is 0 Å². The number of hydrogen-bond donors (Lipinski definition) is 0. The van der Waals surface area contributed by atoms with Gasteiger partial charge in [-0.2, -0.15) is 0 Å². The second-order valence-corrected chi connectivity index (χ2v) is 2.95. The van der Waals surface area contributed by atoms with Crippen molar-refractivity contribution in [3.63, 3.8) is 0 Å². The third kappa shape index (κ3) is 2.55. The zero-order valence-electron chi connectivity index (χ0n) is 9.07. The molecule has 0 saturated carbocycles. The maximum absolute atomic E-state index is 4.27. The summed E-state index contributed by atoms with van der Waals surface area (Å²) in [6.45, 7) is 6.06. The third-order valence-corrected chi connectivity index (χ3v) is 2.01. The SMILES string of the molecule is CC.CC1=NC=C(n2ccnc2)CC1. The zero-order valence-corrected chi connectivity index (χ0v) is 9.07. The van der Waals surface area contributed by atoms with Gasteiger partial charge in [0.15, 0.2) is 0 Å². The average molecular weight is 191 g/mol. The second kappa shape index (κ2) is 5.37. The van der Waals surface area contributed by atoms with E-state index in [1.165, 1.54) is 11.4 Å². The molecule has 3 heteroatoms. The highest BCUT2D eigenvalue weighted by Crippen LogP contribution is 2.16. The predicted octanol–water partition coefficient (Wildman–Crippen LogP) is 2.96. The minimum Gasteiger partial charge on any atom is -0.309 e. The molecular weight excluding hydrogens is 174 g/mol. The molecule has 0 saturated heterocycles. The lowest BCUT2D eigenvalue weighted by Crippen LogP contribution is -2.02. The van der Waals surface area contributed by atoms with Gasteiger partial charge < -0.3 is 4.57 Å². The lowest BCUT2D eigenvalue weighted by Gasteiger charge is -2.11. The van der Waals surface area contributed by atoms with Gasteiger partial charge in [-0.1, -0.05) is 13.8 Å². The molecule has 1 aliphatic rings. The van der Waals surface area contributed by atoms with E-state index >= 15 is 0 Å². The zero-order chi connectivity index (χ0) is 10.4. The molecule has 0 amide bonds. The van der Waals surface area contributed by atoms with Crippen molar-refractivity contribution in [3.05, 3.63) is 24.9 Å². The average Bonchev–Trinajstić information content (AvgIpc) is 2.75. The topological polar surface area (TPSA) is 30.2 Å². The van der Waals surface area contributed by atoms with Crippen LogP contribution in [0.25, 0.3) is 5.70 Å². The first-order chi connectivity index (χ1) is 6.86. The van der Waals surface area contributed by atoms with Crippen molar-refractivity contribution in [3.8, 4) is 0 Å². The molecule has 0 radical (unpaired) electrons. The summed E-state index contributed by atoms with van der Waals surface area (Å²) in [6, 6.07) is 0. The van der Waals surface area contributed by atoms with E-state index in [1.807, 2.05) is 37.1 Å². The van der Waals surface area contributed by atoms with E-state index in [1.54, 1.807) is 6.20 Å². The number of rotatable bonds is 1. The fraction of sp³-hybridized carbons (Fsp3) is 0.455. The van der Waals surface area contributed by atoms with Gasteiger partial charge in [-0.25, -0.2) is 4.98 Å². The summed E-state index contributed by atoms with van der Waals surface area (Å²) in [4.78, 5) is 8.26. The molecule has 1 aromatic heterocycles. The Hall–Kier alpha value is -1.38. The smallest absolute Gasteiger partial charge is 0.0989 e. The van der Waals surface area contributed by atoms with Crippen molar-refractivity contribution in [2.45, 2.75) is 33.6 Å². The van der Waals surface area contributed by atoms with Crippen LogP contribution in [0.1, 0.15) is 33.6 Å². The monoisotopic (exact) mass is 191 g/mol. The lowest BCUT2D eigenvalue weighted by atomic mass is 10.1. The van der Waals surface area contributed by atoms with Gasteiger partial charge in [-0.15, -0.1) is 0 Å².